The molecule has 8 nitrogen and oxygen atoms in total. The molecule has 0 unspecified atom stereocenters. The summed E-state index contributed by atoms with van der Waals surface area (Å²) < 4.78 is 22.1. The lowest BCUT2D eigenvalue weighted by molar-refractivity contribution is -0.156. The molecule has 148 valence electrons. The molecule has 1 N–H and O–H groups in total. The molecule has 2 aliphatic heterocycles. The molecule has 27 heavy (non-hydrogen) atoms. The van der Waals surface area contributed by atoms with Crippen LogP contribution < -0.4 is 0 Å². The minimum atomic E-state index is -0.767. The van der Waals surface area contributed by atoms with E-state index >= 15 is 0 Å². The van der Waals surface area contributed by atoms with Gasteiger partial charge in [-0.1, -0.05) is 6.58 Å². The zero-order valence-electron chi connectivity index (χ0n) is 15.4. The molecule has 2 saturated heterocycles. The van der Waals surface area contributed by atoms with E-state index in [9.17, 15) is 19.5 Å². The molecular weight excluding hydrogens is 356 g/mol. The van der Waals surface area contributed by atoms with E-state index in [1.54, 1.807) is 0 Å². The van der Waals surface area contributed by atoms with Gasteiger partial charge in [0.2, 0.25) is 0 Å². The number of aliphatic hydroxyl groups is 1. The van der Waals surface area contributed by atoms with Crippen molar-refractivity contribution in [2.45, 2.75) is 50.6 Å². The summed E-state index contributed by atoms with van der Waals surface area (Å²) in [5, 5.41) is 10.8. The third kappa shape index (κ3) is 2.86. The Labute approximate surface area is 156 Å². The van der Waals surface area contributed by atoms with Crippen molar-refractivity contribution in [3.63, 3.8) is 0 Å². The maximum absolute atomic E-state index is 12.2. The number of carbonyl (C=O) groups excluding carboxylic acids is 3. The Balaban J connectivity index is 1.72. The second-order valence-corrected chi connectivity index (χ2v) is 8.03. The average Bonchev–Trinajstić information content (AvgIpc) is 3.27. The van der Waals surface area contributed by atoms with Crippen molar-refractivity contribution >= 4 is 17.9 Å². The van der Waals surface area contributed by atoms with Gasteiger partial charge >= 0.3 is 17.9 Å². The maximum Gasteiger partial charge on any atom is 0.334 e. The van der Waals surface area contributed by atoms with Gasteiger partial charge in [0.25, 0.3) is 0 Å². The van der Waals surface area contributed by atoms with Crippen LogP contribution in [-0.2, 0) is 33.3 Å². The Morgan fingerprint density at radius 2 is 2.00 bits per heavy atom. The van der Waals surface area contributed by atoms with E-state index in [0.29, 0.717) is 25.0 Å². The molecular formula is C19H24O8. The van der Waals surface area contributed by atoms with Gasteiger partial charge in [-0.3, -0.25) is 9.59 Å². The Morgan fingerprint density at radius 1 is 1.30 bits per heavy atom. The van der Waals surface area contributed by atoms with Gasteiger partial charge in [-0.15, -0.1) is 0 Å². The minimum Gasteiger partial charge on any atom is -0.465 e. The third-order valence-electron chi connectivity index (χ3n) is 6.59. The molecule has 0 aromatic heterocycles. The molecule has 4 aliphatic rings. The lowest BCUT2D eigenvalue weighted by Crippen LogP contribution is -2.41. The molecule has 0 amide bonds. The zero-order chi connectivity index (χ0) is 19.5. The highest BCUT2D eigenvalue weighted by molar-refractivity contribution is 5.90. The van der Waals surface area contributed by atoms with Crippen molar-refractivity contribution in [1.82, 2.24) is 0 Å². The van der Waals surface area contributed by atoms with Crippen molar-refractivity contribution < 1.29 is 38.4 Å². The van der Waals surface area contributed by atoms with E-state index in [0.717, 1.165) is 0 Å². The molecule has 0 radical (unpaired) electrons. The topological polar surface area (TPSA) is 112 Å². The normalized spacial score (nSPS) is 44.9. The van der Waals surface area contributed by atoms with Gasteiger partial charge in [0.1, 0.15) is 17.8 Å². The monoisotopic (exact) mass is 380 g/mol. The Bertz CT molecular complexity index is 696. The Morgan fingerprint density at radius 3 is 2.59 bits per heavy atom. The summed E-state index contributed by atoms with van der Waals surface area (Å²) in [5.74, 6) is -2.45. The fourth-order valence-corrected chi connectivity index (χ4v) is 5.34. The summed E-state index contributed by atoms with van der Waals surface area (Å²) in [6, 6.07) is 0. The molecule has 8 atom stereocenters. The van der Waals surface area contributed by atoms with Gasteiger partial charge < -0.3 is 24.1 Å². The number of hydrogen-bond acceptors (Lipinski definition) is 8. The average molecular weight is 380 g/mol. The van der Waals surface area contributed by atoms with Crippen molar-refractivity contribution in [2.75, 3.05) is 13.2 Å². The fraction of sp³-hybridized carbons (Fsp3) is 0.737. The lowest BCUT2D eigenvalue weighted by atomic mass is 9.77. The van der Waals surface area contributed by atoms with E-state index in [1.807, 2.05) is 0 Å². The Kier molecular flexibility index (Phi) is 4.31. The summed E-state index contributed by atoms with van der Waals surface area (Å²) in [6.07, 6.45) is -0.983. The summed E-state index contributed by atoms with van der Waals surface area (Å²) in [6.45, 7) is 6.95. The lowest BCUT2D eigenvalue weighted by Gasteiger charge is -2.31. The van der Waals surface area contributed by atoms with Crippen LogP contribution in [-0.4, -0.2) is 60.1 Å². The second kappa shape index (κ2) is 6.31. The van der Waals surface area contributed by atoms with Crippen LogP contribution in [0.1, 0.15) is 26.7 Å². The number of fused-ring (bicyclic) bond motifs is 4. The van der Waals surface area contributed by atoms with Crippen LogP contribution in [0.5, 0.6) is 0 Å². The third-order valence-corrected chi connectivity index (χ3v) is 6.59. The van der Waals surface area contributed by atoms with Crippen molar-refractivity contribution in [1.29, 1.82) is 0 Å². The summed E-state index contributed by atoms with van der Waals surface area (Å²) >= 11 is 0. The van der Waals surface area contributed by atoms with Crippen molar-refractivity contribution in [3.8, 4) is 0 Å². The van der Waals surface area contributed by atoms with Crippen molar-refractivity contribution in [3.05, 3.63) is 12.2 Å². The van der Waals surface area contributed by atoms with E-state index < -0.39 is 41.8 Å². The molecule has 0 aromatic carbocycles. The number of epoxide rings is 1. The first kappa shape index (κ1) is 18.4. The van der Waals surface area contributed by atoms with Gasteiger partial charge in [0, 0.05) is 43.1 Å². The van der Waals surface area contributed by atoms with E-state index in [4.69, 9.17) is 18.9 Å². The summed E-state index contributed by atoms with van der Waals surface area (Å²) in [4.78, 5) is 35.2. The first-order chi connectivity index (χ1) is 12.7. The van der Waals surface area contributed by atoms with E-state index in [-0.39, 0.29) is 30.3 Å². The first-order valence-electron chi connectivity index (χ1n) is 9.27. The van der Waals surface area contributed by atoms with Gasteiger partial charge in [0.05, 0.1) is 19.3 Å². The molecule has 0 aromatic rings. The van der Waals surface area contributed by atoms with Crippen LogP contribution in [0.15, 0.2) is 12.2 Å². The number of aliphatic hydroxyl groups excluding tert-OH is 1. The highest BCUT2D eigenvalue weighted by Crippen LogP contribution is 2.59. The number of hydrogen-bond donors (Lipinski definition) is 1. The van der Waals surface area contributed by atoms with Gasteiger partial charge in [-0.05, 0) is 12.8 Å². The van der Waals surface area contributed by atoms with E-state index in [1.165, 1.54) is 13.8 Å². The van der Waals surface area contributed by atoms with Crippen LogP contribution in [0.3, 0.4) is 0 Å². The van der Waals surface area contributed by atoms with Crippen LogP contribution in [0.25, 0.3) is 0 Å². The molecule has 2 heterocycles. The highest BCUT2D eigenvalue weighted by atomic mass is 16.6. The number of carbonyl (C=O) groups is 3. The Hall–Kier alpha value is -1.93. The molecule has 4 fully saturated rings. The summed E-state index contributed by atoms with van der Waals surface area (Å²) in [5.41, 5.74) is -0.386. The molecule has 2 saturated carbocycles. The standard InChI is InChI=1S/C19H24O8/c1-8-11-4-15(22)19(7-25-19)13-5-14(26-10(3)21)12(6-24-9(2)20)16(13)17(11)27-18(8)23/h11-17,22H,1,4-7H2,2-3H3/t11-,12+,13+,14-,15-,16-,17-,19-/m0/s1. The number of esters is 3. The molecule has 0 bridgehead atoms. The van der Waals surface area contributed by atoms with Gasteiger partial charge in [0.15, 0.2) is 0 Å². The smallest absolute Gasteiger partial charge is 0.334 e. The highest BCUT2D eigenvalue weighted by Gasteiger charge is 2.69. The zero-order valence-corrected chi connectivity index (χ0v) is 15.4. The van der Waals surface area contributed by atoms with Crippen molar-refractivity contribution in [2.24, 2.45) is 23.7 Å². The first-order valence-corrected chi connectivity index (χ1v) is 9.27. The number of ether oxygens (including phenoxy) is 4. The van der Waals surface area contributed by atoms with Crippen LogP contribution in [0, 0.1) is 23.7 Å². The molecule has 2 aliphatic carbocycles. The largest absolute Gasteiger partial charge is 0.465 e. The maximum atomic E-state index is 12.2. The summed E-state index contributed by atoms with van der Waals surface area (Å²) in [7, 11) is 0. The van der Waals surface area contributed by atoms with Crippen LogP contribution >= 0.6 is 0 Å². The quantitative estimate of drug-likeness (QED) is 0.323. The molecule has 4 rings (SSSR count). The second-order valence-electron chi connectivity index (χ2n) is 8.03. The predicted molar refractivity (Wildman–Crippen MR) is 89.1 cm³/mol. The SMILES string of the molecule is C=C1C(=O)O[C@@H]2[C@H]3[C@H](COC(C)=O)[C@@H](OC(C)=O)C[C@H]3[C@@]3(CO3)[C@@H](O)C[C@@H]12. The van der Waals surface area contributed by atoms with E-state index in [2.05, 4.69) is 6.58 Å². The molecule has 8 heteroatoms. The van der Waals surface area contributed by atoms with Crippen LogP contribution in [0.2, 0.25) is 0 Å². The predicted octanol–water partition coefficient (Wildman–Crippen LogP) is 0.365. The minimum absolute atomic E-state index is 0.0495. The van der Waals surface area contributed by atoms with Gasteiger partial charge in [-0.25, -0.2) is 4.79 Å². The number of rotatable bonds is 3. The van der Waals surface area contributed by atoms with Gasteiger partial charge in [-0.2, -0.15) is 0 Å². The molecule has 1 spiro atoms. The fourth-order valence-electron chi connectivity index (χ4n) is 5.34. The van der Waals surface area contributed by atoms with Crippen LogP contribution in [0.4, 0.5) is 0 Å².